The van der Waals surface area contributed by atoms with E-state index in [0.29, 0.717) is 61.7 Å². The van der Waals surface area contributed by atoms with E-state index in [9.17, 15) is 21.6 Å². The molecule has 2 atom stereocenters. The third kappa shape index (κ3) is 7.05. The quantitative estimate of drug-likeness (QED) is 0.245. The standard InChI is InChI=1S/C33H38F3N7O3S/c1-3-18-47(44,45)41-16-17-42-28(22-41)21-40(23-29(42)31(24-10-6-4-7-11-24)25-12-8-5-9-13-25)20-26-19-27(14-15-30(26)46-2)43-32(33(34,35)36)37-38-39-43/h4-15,19,28-29,31H,3,16-18,20-23H2,1-2H3/t28-,29+/m1/s1. The second kappa shape index (κ2) is 13.7. The smallest absolute Gasteiger partial charge is 0.453 e. The predicted octanol–water partition coefficient (Wildman–Crippen LogP) is 4.43. The molecule has 10 nitrogen and oxygen atoms in total. The monoisotopic (exact) mass is 669 g/mol. The summed E-state index contributed by atoms with van der Waals surface area (Å²) in [6.45, 7) is 4.82. The van der Waals surface area contributed by atoms with Gasteiger partial charge in [0.05, 0.1) is 18.6 Å². The van der Waals surface area contributed by atoms with Crippen LogP contribution in [-0.2, 0) is 22.7 Å². The number of piperazine rings is 2. The van der Waals surface area contributed by atoms with E-state index in [1.165, 1.54) is 13.2 Å². The molecule has 2 saturated heterocycles. The van der Waals surface area contributed by atoms with Crippen molar-refractivity contribution in [2.45, 2.75) is 44.1 Å². The molecule has 14 heteroatoms. The Balaban J connectivity index is 1.38. The van der Waals surface area contributed by atoms with Crippen LogP contribution in [0.4, 0.5) is 13.2 Å². The van der Waals surface area contributed by atoms with Gasteiger partial charge in [-0.2, -0.15) is 22.2 Å². The van der Waals surface area contributed by atoms with Crippen LogP contribution >= 0.6 is 0 Å². The number of halogens is 3. The van der Waals surface area contributed by atoms with Crippen LogP contribution in [0.5, 0.6) is 5.75 Å². The van der Waals surface area contributed by atoms with Crippen LogP contribution in [0, 0.1) is 0 Å². The molecule has 0 aliphatic carbocycles. The number of fused-ring (bicyclic) bond motifs is 1. The molecule has 3 aromatic carbocycles. The van der Waals surface area contributed by atoms with Crippen molar-refractivity contribution in [3.63, 3.8) is 0 Å². The van der Waals surface area contributed by atoms with Gasteiger partial charge in [0, 0.05) is 62.8 Å². The molecule has 2 aliphatic heterocycles. The van der Waals surface area contributed by atoms with Gasteiger partial charge in [-0.05, 0) is 46.2 Å². The van der Waals surface area contributed by atoms with Crippen LogP contribution in [0.3, 0.4) is 0 Å². The van der Waals surface area contributed by atoms with Crippen molar-refractivity contribution in [1.29, 1.82) is 0 Å². The lowest BCUT2D eigenvalue weighted by molar-refractivity contribution is -0.146. The van der Waals surface area contributed by atoms with Crippen LogP contribution in [0.15, 0.2) is 78.9 Å². The van der Waals surface area contributed by atoms with Gasteiger partial charge >= 0.3 is 6.18 Å². The summed E-state index contributed by atoms with van der Waals surface area (Å²) >= 11 is 0. The van der Waals surface area contributed by atoms with Crippen LogP contribution in [0.1, 0.15) is 41.8 Å². The summed E-state index contributed by atoms with van der Waals surface area (Å²) in [7, 11) is -1.88. The summed E-state index contributed by atoms with van der Waals surface area (Å²) in [5, 5.41) is 10.1. The molecular weight excluding hydrogens is 631 g/mol. The minimum absolute atomic E-state index is 0.00899. The molecule has 250 valence electrons. The van der Waals surface area contributed by atoms with E-state index in [1.807, 2.05) is 43.3 Å². The van der Waals surface area contributed by atoms with E-state index in [0.717, 1.165) is 11.1 Å². The Bertz CT molecular complexity index is 1720. The molecule has 0 amide bonds. The summed E-state index contributed by atoms with van der Waals surface area (Å²) in [6, 6.07) is 25.2. The third-order valence-electron chi connectivity index (χ3n) is 9.01. The minimum Gasteiger partial charge on any atom is -0.496 e. The van der Waals surface area contributed by atoms with E-state index in [1.54, 1.807) is 16.4 Å². The summed E-state index contributed by atoms with van der Waals surface area (Å²) in [6.07, 6.45) is -4.19. The van der Waals surface area contributed by atoms with Gasteiger partial charge < -0.3 is 4.74 Å². The molecular formula is C33H38F3N7O3S. The second-order valence-corrected chi connectivity index (χ2v) is 14.1. The molecule has 4 aromatic rings. The SMILES string of the molecule is CCCS(=O)(=O)N1CCN2[C@H](CN(Cc3cc(-n4nnnc4C(F)(F)F)ccc3OC)C[C@H]2C(c2ccccc2)c2ccccc2)C1. The molecule has 3 heterocycles. The first-order valence-corrected chi connectivity index (χ1v) is 17.3. The highest BCUT2D eigenvalue weighted by Crippen LogP contribution is 2.37. The van der Waals surface area contributed by atoms with Crippen molar-refractivity contribution in [3.05, 3.63) is 101 Å². The molecule has 2 fully saturated rings. The van der Waals surface area contributed by atoms with Crippen molar-refractivity contribution in [2.24, 2.45) is 0 Å². The summed E-state index contributed by atoms with van der Waals surface area (Å²) in [5.74, 6) is -0.602. The Hall–Kier alpha value is -3.85. The number of ether oxygens (including phenoxy) is 1. The Kier molecular flexibility index (Phi) is 9.65. The lowest BCUT2D eigenvalue weighted by Crippen LogP contribution is -2.67. The van der Waals surface area contributed by atoms with E-state index in [4.69, 9.17) is 4.74 Å². The fourth-order valence-corrected chi connectivity index (χ4v) is 8.54. The maximum absolute atomic E-state index is 13.7. The number of hydrogen-bond acceptors (Lipinski definition) is 8. The van der Waals surface area contributed by atoms with E-state index < -0.39 is 22.0 Å². The Morgan fingerprint density at radius 2 is 1.62 bits per heavy atom. The van der Waals surface area contributed by atoms with Crippen LogP contribution in [0.2, 0.25) is 0 Å². The van der Waals surface area contributed by atoms with Gasteiger partial charge in [-0.15, -0.1) is 5.10 Å². The molecule has 0 spiro atoms. The average Bonchev–Trinajstić information content (AvgIpc) is 3.57. The summed E-state index contributed by atoms with van der Waals surface area (Å²) < 4.78 is 75.3. The average molecular weight is 670 g/mol. The molecule has 47 heavy (non-hydrogen) atoms. The van der Waals surface area contributed by atoms with Gasteiger partial charge in [-0.3, -0.25) is 9.80 Å². The number of alkyl halides is 3. The number of tetrazole rings is 1. The molecule has 1 aromatic heterocycles. The number of sulfonamides is 1. The zero-order chi connectivity index (χ0) is 33.2. The maximum Gasteiger partial charge on any atom is 0.453 e. The Morgan fingerprint density at radius 1 is 0.936 bits per heavy atom. The van der Waals surface area contributed by atoms with Crippen LogP contribution in [-0.4, -0.2) is 100 Å². The number of hydrogen-bond donors (Lipinski definition) is 0. The topological polar surface area (TPSA) is 96.7 Å². The van der Waals surface area contributed by atoms with Gasteiger partial charge in [-0.25, -0.2) is 8.42 Å². The number of methoxy groups -OCH3 is 1. The lowest BCUT2D eigenvalue weighted by atomic mass is 9.81. The zero-order valence-corrected chi connectivity index (χ0v) is 27.1. The fourth-order valence-electron chi connectivity index (χ4n) is 7.00. The maximum atomic E-state index is 13.7. The van der Waals surface area contributed by atoms with Crippen LogP contribution in [0.25, 0.3) is 5.69 Å². The van der Waals surface area contributed by atoms with Gasteiger partial charge in [0.1, 0.15) is 5.75 Å². The highest BCUT2D eigenvalue weighted by atomic mass is 32.2. The highest BCUT2D eigenvalue weighted by Gasteiger charge is 2.44. The molecule has 0 unspecified atom stereocenters. The number of nitrogens with zero attached hydrogens (tertiary/aromatic N) is 7. The molecule has 0 bridgehead atoms. The van der Waals surface area contributed by atoms with E-state index in [2.05, 4.69) is 49.6 Å². The molecule has 6 rings (SSSR count). The van der Waals surface area contributed by atoms with Crippen molar-refractivity contribution in [1.82, 2.24) is 34.3 Å². The predicted molar refractivity (Wildman–Crippen MR) is 171 cm³/mol. The fraction of sp³-hybridized carbons (Fsp3) is 0.424. The molecule has 0 radical (unpaired) electrons. The number of rotatable bonds is 10. The summed E-state index contributed by atoms with van der Waals surface area (Å²) in [5.41, 5.74) is 3.14. The molecule has 2 aliphatic rings. The highest BCUT2D eigenvalue weighted by molar-refractivity contribution is 7.89. The largest absolute Gasteiger partial charge is 0.496 e. The van der Waals surface area contributed by atoms with Crippen molar-refractivity contribution in [3.8, 4) is 11.4 Å². The zero-order valence-electron chi connectivity index (χ0n) is 26.3. The number of benzene rings is 3. The lowest BCUT2D eigenvalue weighted by Gasteiger charge is -2.53. The first kappa shape index (κ1) is 33.1. The Morgan fingerprint density at radius 3 is 2.23 bits per heavy atom. The van der Waals surface area contributed by atoms with Gasteiger partial charge in [0.15, 0.2) is 0 Å². The third-order valence-corrected chi connectivity index (χ3v) is 11.1. The van der Waals surface area contributed by atoms with Crippen molar-refractivity contribution < 1.29 is 26.3 Å². The van der Waals surface area contributed by atoms with Gasteiger partial charge in [0.2, 0.25) is 10.0 Å². The number of aromatic nitrogens is 4. The van der Waals surface area contributed by atoms with E-state index in [-0.39, 0.29) is 29.4 Å². The normalized spacial score (nSPS) is 20.0. The molecule has 0 saturated carbocycles. The van der Waals surface area contributed by atoms with Crippen LogP contribution < -0.4 is 4.74 Å². The first-order valence-electron chi connectivity index (χ1n) is 15.7. The van der Waals surface area contributed by atoms with Crippen molar-refractivity contribution >= 4 is 10.0 Å². The van der Waals surface area contributed by atoms with Gasteiger partial charge in [0.25, 0.3) is 5.82 Å². The Labute approximate surface area is 272 Å². The molecule has 0 N–H and O–H groups in total. The second-order valence-electron chi connectivity index (χ2n) is 12.0. The summed E-state index contributed by atoms with van der Waals surface area (Å²) in [4.78, 5) is 4.72. The first-order chi connectivity index (χ1) is 22.6. The minimum atomic E-state index is -4.73. The van der Waals surface area contributed by atoms with Gasteiger partial charge in [-0.1, -0.05) is 67.6 Å². The van der Waals surface area contributed by atoms with Crippen molar-refractivity contribution in [2.75, 3.05) is 45.6 Å². The van der Waals surface area contributed by atoms with E-state index >= 15 is 0 Å².